The van der Waals surface area contributed by atoms with E-state index in [2.05, 4.69) is 10.6 Å². The lowest BCUT2D eigenvalue weighted by molar-refractivity contribution is -0.126. The second kappa shape index (κ2) is 5.19. The number of carbonyl (C=O) groups excluding carboxylic acids is 1. The monoisotopic (exact) mass is 186 g/mol. The first kappa shape index (κ1) is 10.5. The Bertz CT molecular complexity index is 169. The van der Waals surface area contributed by atoms with Gasteiger partial charge in [0, 0.05) is 26.2 Å². The summed E-state index contributed by atoms with van der Waals surface area (Å²) in [5.41, 5.74) is 0. The number of hydrogen-bond donors (Lipinski definition) is 3. The fourth-order valence-corrected chi connectivity index (χ4v) is 1.22. The average Bonchev–Trinajstić information content (AvgIpc) is 1.98. The highest BCUT2D eigenvalue weighted by Crippen LogP contribution is 2.03. The second-order valence-electron chi connectivity index (χ2n) is 3.72. The standard InChI is InChI=1S/C9H18N2O2/c1-7(2-3-12)4-11-9(13)8-5-10-6-8/h7-8,10,12H,2-6H2,1H3,(H,11,13). The minimum absolute atomic E-state index is 0.142. The van der Waals surface area contributed by atoms with Crippen molar-refractivity contribution in [2.45, 2.75) is 13.3 Å². The van der Waals surface area contributed by atoms with E-state index in [9.17, 15) is 4.79 Å². The van der Waals surface area contributed by atoms with E-state index in [0.717, 1.165) is 19.5 Å². The third kappa shape index (κ3) is 3.32. The number of rotatable bonds is 5. The molecule has 0 aromatic carbocycles. The van der Waals surface area contributed by atoms with Gasteiger partial charge in [0.25, 0.3) is 0 Å². The van der Waals surface area contributed by atoms with Crippen LogP contribution in [0.15, 0.2) is 0 Å². The molecule has 1 atom stereocenters. The van der Waals surface area contributed by atoms with E-state index in [1.54, 1.807) is 0 Å². The Morgan fingerprint density at radius 2 is 2.38 bits per heavy atom. The van der Waals surface area contributed by atoms with Gasteiger partial charge < -0.3 is 15.7 Å². The van der Waals surface area contributed by atoms with Crippen LogP contribution in [0.5, 0.6) is 0 Å². The SMILES string of the molecule is CC(CCO)CNC(=O)C1CNC1. The largest absolute Gasteiger partial charge is 0.396 e. The van der Waals surface area contributed by atoms with Gasteiger partial charge >= 0.3 is 0 Å². The second-order valence-corrected chi connectivity index (χ2v) is 3.72. The van der Waals surface area contributed by atoms with Gasteiger partial charge in [-0.25, -0.2) is 0 Å². The first-order chi connectivity index (χ1) is 6.24. The summed E-state index contributed by atoms with van der Waals surface area (Å²) >= 11 is 0. The molecule has 1 heterocycles. The van der Waals surface area contributed by atoms with Gasteiger partial charge in [0.05, 0.1) is 5.92 Å². The molecular formula is C9H18N2O2. The molecule has 0 aromatic heterocycles. The minimum Gasteiger partial charge on any atom is -0.396 e. The predicted molar refractivity (Wildman–Crippen MR) is 50.2 cm³/mol. The zero-order valence-electron chi connectivity index (χ0n) is 8.05. The maximum absolute atomic E-state index is 11.3. The minimum atomic E-state index is 0.142. The molecule has 1 fully saturated rings. The zero-order valence-corrected chi connectivity index (χ0v) is 8.05. The van der Waals surface area contributed by atoms with Crippen LogP contribution in [0.2, 0.25) is 0 Å². The van der Waals surface area contributed by atoms with Crippen molar-refractivity contribution in [2.24, 2.45) is 11.8 Å². The lowest BCUT2D eigenvalue weighted by Crippen LogP contribution is -2.51. The summed E-state index contributed by atoms with van der Waals surface area (Å²) in [5.74, 6) is 0.673. The number of aliphatic hydroxyl groups is 1. The van der Waals surface area contributed by atoms with E-state index in [-0.39, 0.29) is 18.4 Å². The van der Waals surface area contributed by atoms with E-state index in [1.165, 1.54) is 0 Å². The number of nitrogens with one attached hydrogen (secondary N) is 2. The van der Waals surface area contributed by atoms with Crippen molar-refractivity contribution in [3.63, 3.8) is 0 Å². The summed E-state index contributed by atoms with van der Waals surface area (Å²) in [6.45, 7) is 4.51. The summed E-state index contributed by atoms with van der Waals surface area (Å²) in [7, 11) is 0. The smallest absolute Gasteiger partial charge is 0.225 e. The molecule has 0 aromatic rings. The van der Waals surface area contributed by atoms with Crippen molar-refractivity contribution >= 4 is 5.91 Å². The first-order valence-electron chi connectivity index (χ1n) is 4.83. The first-order valence-corrected chi connectivity index (χ1v) is 4.83. The van der Waals surface area contributed by atoms with Crippen LogP contribution in [0.4, 0.5) is 0 Å². The van der Waals surface area contributed by atoms with Crippen LogP contribution in [0.25, 0.3) is 0 Å². The summed E-state index contributed by atoms with van der Waals surface area (Å²) in [6.07, 6.45) is 0.753. The average molecular weight is 186 g/mol. The molecule has 1 amide bonds. The van der Waals surface area contributed by atoms with Crippen LogP contribution >= 0.6 is 0 Å². The van der Waals surface area contributed by atoms with Gasteiger partial charge in [-0.15, -0.1) is 0 Å². The van der Waals surface area contributed by atoms with Gasteiger partial charge in [0.2, 0.25) is 5.91 Å². The lowest BCUT2D eigenvalue weighted by atomic mass is 10.0. The molecule has 0 radical (unpaired) electrons. The van der Waals surface area contributed by atoms with E-state index < -0.39 is 0 Å². The maximum atomic E-state index is 11.3. The highest BCUT2D eigenvalue weighted by atomic mass is 16.3. The van der Waals surface area contributed by atoms with Gasteiger partial charge in [-0.2, -0.15) is 0 Å². The van der Waals surface area contributed by atoms with Crippen molar-refractivity contribution in [3.05, 3.63) is 0 Å². The zero-order chi connectivity index (χ0) is 9.68. The normalized spacial score (nSPS) is 19.2. The van der Waals surface area contributed by atoms with E-state index >= 15 is 0 Å². The van der Waals surface area contributed by atoms with Gasteiger partial charge in [0.15, 0.2) is 0 Å². The fourth-order valence-electron chi connectivity index (χ4n) is 1.22. The third-order valence-electron chi connectivity index (χ3n) is 2.40. The van der Waals surface area contributed by atoms with Crippen molar-refractivity contribution in [1.29, 1.82) is 0 Å². The number of amides is 1. The van der Waals surface area contributed by atoms with E-state index in [1.807, 2.05) is 6.92 Å². The Kier molecular flexibility index (Phi) is 4.18. The molecule has 76 valence electrons. The molecule has 13 heavy (non-hydrogen) atoms. The van der Waals surface area contributed by atoms with Gasteiger partial charge in [-0.05, 0) is 12.3 Å². The summed E-state index contributed by atoms with van der Waals surface area (Å²) < 4.78 is 0. The highest BCUT2D eigenvalue weighted by molar-refractivity contribution is 5.79. The molecule has 0 spiro atoms. The van der Waals surface area contributed by atoms with Crippen molar-refractivity contribution in [2.75, 3.05) is 26.2 Å². The van der Waals surface area contributed by atoms with Crippen LogP contribution in [0.1, 0.15) is 13.3 Å². The molecule has 1 aliphatic heterocycles. The van der Waals surface area contributed by atoms with Gasteiger partial charge in [-0.3, -0.25) is 4.79 Å². The number of carbonyl (C=O) groups is 1. The third-order valence-corrected chi connectivity index (χ3v) is 2.40. The van der Waals surface area contributed by atoms with Gasteiger partial charge in [0.1, 0.15) is 0 Å². The van der Waals surface area contributed by atoms with Crippen molar-refractivity contribution < 1.29 is 9.90 Å². The highest BCUT2D eigenvalue weighted by Gasteiger charge is 2.24. The van der Waals surface area contributed by atoms with E-state index in [4.69, 9.17) is 5.11 Å². The topological polar surface area (TPSA) is 61.4 Å². The molecule has 4 heteroatoms. The number of aliphatic hydroxyl groups excluding tert-OH is 1. The molecule has 0 saturated carbocycles. The Balaban J connectivity index is 2.06. The lowest BCUT2D eigenvalue weighted by Gasteiger charge is -2.26. The fraction of sp³-hybridized carbons (Fsp3) is 0.889. The summed E-state index contributed by atoms with van der Waals surface area (Å²) in [5, 5.41) is 14.6. The van der Waals surface area contributed by atoms with E-state index in [0.29, 0.717) is 12.5 Å². The van der Waals surface area contributed by atoms with Crippen LogP contribution in [-0.2, 0) is 4.79 Å². The maximum Gasteiger partial charge on any atom is 0.225 e. The Morgan fingerprint density at radius 3 is 2.85 bits per heavy atom. The predicted octanol–water partition coefficient (Wildman–Crippen LogP) is -0.659. The molecule has 4 nitrogen and oxygen atoms in total. The molecule has 1 rings (SSSR count). The van der Waals surface area contributed by atoms with Crippen LogP contribution in [0.3, 0.4) is 0 Å². The van der Waals surface area contributed by atoms with Crippen LogP contribution in [0, 0.1) is 11.8 Å². The molecule has 3 N–H and O–H groups in total. The summed E-state index contributed by atoms with van der Waals surface area (Å²) in [4.78, 5) is 11.3. The quantitative estimate of drug-likeness (QED) is 0.534. The van der Waals surface area contributed by atoms with Gasteiger partial charge in [-0.1, -0.05) is 6.92 Å². The van der Waals surface area contributed by atoms with Crippen molar-refractivity contribution in [3.8, 4) is 0 Å². The molecule has 1 saturated heterocycles. The number of hydrogen-bond acceptors (Lipinski definition) is 3. The Morgan fingerprint density at radius 1 is 1.69 bits per heavy atom. The van der Waals surface area contributed by atoms with Crippen LogP contribution in [-0.4, -0.2) is 37.3 Å². The molecule has 1 aliphatic rings. The molecule has 0 bridgehead atoms. The summed E-state index contributed by atoms with van der Waals surface area (Å²) in [6, 6.07) is 0. The molecule has 1 unspecified atom stereocenters. The van der Waals surface area contributed by atoms with Crippen molar-refractivity contribution in [1.82, 2.24) is 10.6 Å². The Labute approximate surface area is 78.7 Å². The van der Waals surface area contributed by atoms with Crippen LogP contribution < -0.4 is 10.6 Å². The Hall–Kier alpha value is -0.610. The molecular weight excluding hydrogens is 168 g/mol. The molecule has 0 aliphatic carbocycles.